The van der Waals surface area contributed by atoms with Crippen molar-refractivity contribution in [1.29, 1.82) is 0 Å². The first-order chi connectivity index (χ1) is 9.79. The van der Waals surface area contributed by atoms with Gasteiger partial charge >= 0.3 is 0 Å². The van der Waals surface area contributed by atoms with Gasteiger partial charge < -0.3 is 4.74 Å². The Morgan fingerprint density at radius 2 is 1.80 bits per heavy atom. The number of aryl methyl sites for hydroxylation is 1. The molecule has 2 heterocycles. The van der Waals surface area contributed by atoms with Gasteiger partial charge in [0, 0.05) is 5.56 Å². The maximum Gasteiger partial charge on any atom is 0.170 e. The lowest BCUT2D eigenvalue weighted by Crippen LogP contribution is -1.99. The van der Waals surface area contributed by atoms with Crippen molar-refractivity contribution in [2.45, 2.75) is 6.92 Å². The lowest BCUT2D eigenvalue weighted by Gasteiger charge is -2.11. The summed E-state index contributed by atoms with van der Waals surface area (Å²) < 4.78 is 5.48. The fourth-order valence-corrected chi connectivity index (χ4v) is 2.77. The number of hydrogen-bond donors (Lipinski definition) is 0. The lowest BCUT2D eigenvalue weighted by molar-refractivity contribution is 0.409. The normalized spacial score (nSPS) is 10.5. The highest BCUT2D eigenvalue weighted by Crippen LogP contribution is 2.33. The molecule has 2 aromatic heterocycles. The number of benzene rings is 1. The Labute approximate surface area is 121 Å². The molecular weight excluding hydrogens is 268 g/mol. The molecule has 20 heavy (non-hydrogen) atoms. The summed E-state index contributed by atoms with van der Waals surface area (Å²) in [6.45, 7) is 1.95. The molecule has 0 saturated heterocycles. The van der Waals surface area contributed by atoms with Crippen molar-refractivity contribution in [3.05, 3.63) is 53.5 Å². The van der Waals surface area contributed by atoms with Crippen LogP contribution >= 0.6 is 11.3 Å². The minimum Gasteiger partial charge on any atom is -0.493 e. The summed E-state index contributed by atoms with van der Waals surface area (Å²) in [5.74, 6) is 1.48. The molecule has 0 spiro atoms. The zero-order chi connectivity index (χ0) is 13.9. The fourth-order valence-electron chi connectivity index (χ4n) is 2.11. The molecule has 0 bridgehead atoms. The summed E-state index contributed by atoms with van der Waals surface area (Å²) in [6, 6.07) is 14.1. The van der Waals surface area contributed by atoms with E-state index in [4.69, 9.17) is 9.72 Å². The van der Waals surface area contributed by atoms with Crippen molar-refractivity contribution in [1.82, 2.24) is 9.97 Å². The summed E-state index contributed by atoms with van der Waals surface area (Å²) in [5, 5.41) is 2.03. The predicted octanol–water partition coefficient (Wildman–Crippen LogP) is 4.19. The van der Waals surface area contributed by atoms with Crippen LogP contribution in [0.3, 0.4) is 0 Å². The zero-order valence-electron chi connectivity index (χ0n) is 11.3. The average Bonchev–Trinajstić information content (AvgIpc) is 3.01. The molecule has 0 amide bonds. The average molecular weight is 282 g/mol. The summed E-state index contributed by atoms with van der Waals surface area (Å²) >= 11 is 1.64. The summed E-state index contributed by atoms with van der Waals surface area (Å²) in [7, 11) is 1.66. The van der Waals surface area contributed by atoms with Gasteiger partial charge in [0.05, 0.1) is 17.7 Å². The van der Waals surface area contributed by atoms with Gasteiger partial charge in [0.15, 0.2) is 11.6 Å². The number of methoxy groups -OCH3 is 1. The Morgan fingerprint density at radius 1 is 1.00 bits per heavy atom. The maximum atomic E-state index is 5.48. The molecule has 0 saturated carbocycles. The van der Waals surface area contributed by atoms with E-state index in [0.717, 1.165) is 33.4 Å². The van der Waals surface area contributed by atoms with Crippen molar-refractivity contribution < 1.29 is 4.74 Å². The predicted molar refractivity (Wildman–Crippen MR) is 82.1 cm³/mol. The highest BCUT2D eigenvalue weighted by molar-refractivity contribution is 7.13. The molecule has 0 aliphatic rings. The standard InChI is InChI=1S/C16H14N2OS/c1-11-15(19-2)14(12-7-4-3-5-8-12)18-16(17-11)13-9-6-10-20-13/h3-10H,1-2H3. The smallest absolute Gasteiger partial charge is 0.170 e. The van der Waals surface area contributed by atoms with Crippen molar-refractivity contribution in [2.75, 3.05) is 7.11 Å². The number of hydrogen-bond acceptors (Lipinski definition) is 4. The fraction of sp³-hybridized carbons (Fsp3) is 0.125. The first-order valence-corrected chi connectivity index (χ1v) is 7.19. The molecule has 0 unspecified atom stereocenters. The maximum absolute atomic E-state index is 5.48. The van der Waals surface area contributed by atoms with Gasteiger partial charge in [-0.15, -0.1) is 11.3 Å². The minimum atomic E-state index is 0.733. The Morgan fingerprint density at radius 3 is 2.45 bits per heavy atom. The largest absolute Gasteiger partial charge is 0.493 e. The SMILES string of the molecule is COc1c(C)nc(-c2cccs2)nc1-c1ccccc1. The second-order valence-electron chi connectivity index (χ2n) is 4.36. The van der Waals surface area contributed by atoms with E-state index >= 15 is 0 Å². The second kappa shape index (κ2) is 5.43. The first-order valence-electron chi connectivity index (χ1n) is 6.31. The Balaban J connectivity index is 2.21. The van der Waals surface area contributed by atoms with Crippen LogP contribution < -0.4 is 4.74 Å². The molecule has 0 aliphatic carbocycles. The number of nitrogens with zero attached hydrogens (tertiary/aromatic N) is 2. The molecule has 0 radical (unpaired) electrons. The summed E-state index contributed by atoms with van der Waals surface area (Å²) in [4.78, 5) is 10.3. The van der Waals surface area contributed by atoms with Gasteiger partial charge in [-0.2, -0.15) is 0 Å². The third-order valence-electron chi connectivity index (χ3n) is 3.03. The van der Waals surface area contributed by atoms with E-state index in [1.165, 1.54) is 0 Å². The number of ether oxygens (including phenoxy) is 1. The van der Waals surface area contributed by atoms with Gasteiger partial charge in [-0.3, -0.25) is 0 Å². The van der Waals surface area contributed by atoms with Crippen molar-refractivity contribution in [3.63, 3.8) is 0 Å². The highest BCUT2D eigenvalue weighted by atomic mass is 32.1. The quantitative estimate of drug-likeness (QED) is 0.722. The van der Waals surface area contributed by atoms with E-state index in [1.54, 1.807) is 18.4 Å². The highest BCUT2D eigenvalue weighted by Gasteiger charge is 2.15. The molecule has 0 N–H and O–H groups in total. The molecule has 4 heteroatoms. The van der Waals surface area contributed by atoms with Gasteiger partial charge in [-0.25, -0.2) is 9.97 Å². The molecule has 3 nitrogen and oxygen atoms in total. The van der Waals surface area contributed by atoms with Crippen LogP contribution in [0, 0.1) is 6.92 Å². The van der Waals surface area contributed by atoms with Crippen molar-refractivity contribution >= 4 is 11.3 Å². The van der Waals surface area contributed by atoms with Crippen LogP contribution in [-0.4, -0.2) is 17.1 Å². The Hall–Kier alpha value is -2.20. The monoisotopic (exact) mass is 282 g/mol. The lowest BCUT2D eigenvalue weighted by atomic mass is 10.1. The molecule has 0 atom stereocenters. The van der Waals surface area contributed by atoms with Gasteiger partial charge in [-0.05, 0) is 18.4 Å². The van der Waals surface area contributed by atoms with E-state index in [-0.39, 0.29) is 0 Å². The van der Waals surface area contributed by atoms with Crippen LogP contribution in [0.25, 0.3) is 22.0 Å². The third-order valence-corrected chi connectivity index (χ3v) is 3.89. The van der Waals surface area contributed by atoms with E-state index in [1.807, 2.05) is 54.8 Å². The van der Waals surface area contributed by atoms with Gasteiger partial charge in [-0.1, -0.05) is 36.4 Å². The number of aromatic nitrogens is 2. The Kier molecular flexibility index (Phi) is 3.48. The molecule has 100 valence electrons. The van der Waals surface area contributed by atoms with Crippen LogP contribution in [0.15, 0.2) is 47.8 Å². The molecule has 3 aromatic rings. The molecule has 0 aliphatic heterocycles. The molecule has 0 fully saturated rings. The van der Waals surface area contributed by atoms with Crippen LogP contribution in [0.1, 0.15) is 5.69 Å². The van der Waals surface area contributed by atoms with E-state index < -0.39 is 0 Å². The van der Waals surface area contributed by atoms with Crippen LogP contribution in [0.2, 0.25) is 0 Å². The van der Waals surface area contributed by atoms with Gasteiger partial charge in [0.25, 0.3) is 0 Å². The molecular formula is C16H14N2OS. The number of thiophene rings is 1. The Bertz CT molecular complexity index is 709. The zero-order valence-corrected chi connectivity index (χ0v) is 12.1. The second-order valence-corrected chi connectivity index (χ2v) is 5.31. The van der Waals surface area contributed by atoms with Crippen LogP contribution in [-0.2, 0) is 0 Å². The van der Waals surface area contributed by atoms with Crippen molar-refractivity contribution in [3.8, 4) is 27.7 Å². The first kappa shape index (κ1) is 12.8. The number of rotatable bonds is 3. The van der Waals surface area contributed by atoms with Gasteiger partial charge in [0.1, 0.15) is 5.69 Å². The van der Waals surface area contributed by atoms with Gasteiger partial charge in [0.2, 0.25) is 0 Å². The van der Waals surface area contributed by atoms with E-state index in [2.05, 4.69) is 4.98 Å². The van der Waals surface area contributed by atoms with Crippen molar-refractivity contribution in [2.24, 2.45) is 0 Å². The van der Waals surface area contributed by atoms with Crippen LogP contribution in [0.4, 0.5) is 0 Å². The van der Waals surface area contributed by atoms with Crippen LogP contribution in [0.5, 0.6) is 5.75 Å². The summed E-state index contributed by atoms with van der Waals surface area (Å²) in [6.07, 6.45) is 0. The molecule has 3 rings (SSSR count). The topological polar surface area (TPSA) is 35.0 Å². The van der Waals surface area contributed by atoms with E-state index in [9.17, 15) is 0 Å². The van der Waals surface area contributed by atoms with E-state index in [0.29, 0.717) is 0 Å². The summed E-state index contributed by atoms with van der Waals surface area (Å²) in [5.41, 5.74) is 2.72. The molecule has 1 aromatic carbocycles. The third kappa shape index (κ3) is 2.30. The minimum absolute atomic E-state index is 0.733.